The first-order valence-electron chi connectivity index (χ1n) is 5.68. The maximum atomic E-state index is 11.9. The molecule has 16 heavy (non-hydrogen) atoms. The third-order valence-corrected chi connectivity index (χ3v) is 3.43. The lowest BCUT2D eigenvalue weighted by molar-refractivity contribution is 0.0966. The molecule has 0 bridgehead atoms. The van der Waals surface area contributed by atoms with Gasteiger partial charge in [0.1, 0.15) is 0 Å². The van der Waals surface area contributed by atoms with E-state index in [9.17, 15) is 4.79 Å². The summed E-state index contributed by atoms with van der Waals surface area (Å²) in [5.41, 5.74) is 0.826. The van der Waals surface area contributed by atoms with Crippen LogP contribution < -0.4 is 0 Å². The zero-order chi connectivity index (χ0) is 12.0. The Morgan fingerprint density at radius 3 is 2.25 bits per heavy atom. The molecule has 0 unspecified atom stereocenters. The van der Waals surface area contributed by atoms with Crippen molar-refractivity contribution >= 4 is 28.4 Å². The van der Waals surface area contributed by atoms with Crippen LogP contribution in [0.15, 0.2) is 24.3 Å². The van der Waals surface area contributed by atoms with Crippen LogP contribution in [0.3, 0.4) is 0 Å². The summed E-state index contributed by atoms with van der Waals surface area (Å²) in [7, 11) is 0. The summed E-state index contributed by atoms with van der Waals surface area (Å²) in [5.74, 6) is 0.239. The summed E-state index contributed by atoms with van der Waals surface area (Å²) in [6.07, 6.45) is 0.613. The molecule has 0 amide bonds. The van der Waals surface area contributed by atoms with E-state index >= 15 is 0 Å². The highest BCUT2D eigenvalue weighted by atomic mass is 127. The van der Waals surface area contributed by atoms with E-state index in [1.807, 2.05) is 24.3 Å². The van der Waals surface area contributed by atoms with Crippen molar-refractivity contribution in [2.45, 2.75) is 20.3 Å². The van der Waals surface area contributed by atoms with Crippen molar-refractivity contribution in [1.82, 2.24) is 4.90 Å². The molecule has 0 radical (unpaired) electrons. The van der Waals surface area contributed by atoms with Crippen LogP contribution in [0.4, 0.5) is 0 Å². The molecule has 2 nitrogen and oxygen atoms in total. The fourth-order valence-corrected chi connectivity index (χ4v) is 1.94. The molecule has 1 rings (SSSR count). The number of nitrogens with zero attached hydrogens (tertiary/aromatic N) is 1. The van der Waals surface area contributed by atoms with E-state index in [2.05, 4.69) is 41.3 Å². The fourth-order valence-electron chi connectivity index (χ4n) is 1.58. The topological polar surface area (TPSA) is 20.3 Å². The second-order valence-corrected chi connectivity index (χ2v) is 4.95. The van der Waals surface area contributed by atoms with Crippen LogP contribution in [-0.2, 0) is 0 Å². The third-order valence-electron chi connectivity index (χ3n) is 2.72. The largest absolute Gasteiger partial charge is 0.303 e. The van der Waals surface area contributed by atoms with Gasteiger partial charge in [-0.25, -0.2) is 0 Å². The molecule has 0 heterocycles. The van der Waals surface area contributed by atoms with Gasteiger partial charge >= 0.3 is 0 Å². The number of carbonyl (C=O) groups is 1. The highest BCUT2D eigenvalue weighted by Crippen LogP contribution is 2.09. The van der Waals surface area contributed by atoms with E-state index in [0.717, 1.165) is 28.8 Å². The van der Waals surface area contributed by atoms with Crippen LogP contribution in [0, 0.1) is 3.57 Å². The molecular weight excluding hydrogens is 313 g/mol. The first kappa shape index (κ1) is 13.6. The van der Waals surface area contributed by atoms with Gasteiger partial charge in [0.25, 0.3) is 0 Å². The maximum Gasteiger partial charge on any atom is 0.164 e. The zero-order valence-corrected chi connectivity index (χ0v) is 12.0. The maximum absolute atomic E-state index is 11.9. The summed E-state index contributed by atoms with van der Waals surface area (Å²) in [6, 6.07) is 7.77. The lowest BCUT2D eigenvalue weighted by Crippen LogP contribution is -2.25. The Balaban J connectivity index is 2.49. The second kappa shape index (κ2) is 7.01. The van der Waals surface area contributed by atoms with Gasteiger partial charge in [-0.3, -0.25) is 4.79 Å². The van der Waals surface area contributed by atoms with Crippen molar-refractivity contribution in [3.8, 4) is 0 Å². The average Bonchev–Trinajstić information content (AvgIpc) is 2.31. The normalized spacial score (nSPS) is 10.8. The highest BCUT2D eigenvalue weighted by Gasteiger charge is 2.07. The Labute approximate surface area is 111 Å². The Morgan fingerprint density at radius 2 is 1.75 bits per heavy atom. The van der Waals surface area contributed by atoms with Gasteiger partial charge in [0, 0.05) is 22.1 Å². The molecule has 1 aromatic rings. The Hall–Kier alpha value is -0.420. The van der Waals surface area contributed by atoms with E-state index in [-0.39, 0.29) is 5.78 Å². The summed E-state index contributed by atoms with van der Waals surface area (Å²) in [5, 5.41) is 0. The number of halogens is 1. The lowest BCUT2D eigenvalue weighted by atomic mass is 10.1. The van der Waals surface area contributed by atoms with Crippen LogP contribution in [-0.4, -0.2) is 30.3 Å². The molecule has 0 N–H and O–H groups in total. The predicted molar refractivity (Wildman–Crippen MR) is 75.9 cm³/mol. The number of hydrogen-bond donors (Lipinski definition) is 0. The number of hydrogen-bond acceptors (Lipinski definition) is 2. The van der Waals surface area contributed by atoms with Crippen molar-refractivity contribution in [3.05, 3.63) is 33.4 Å². The molecule has 0 aromatic heterocycles. The predicted octanol–water partition coefficient (Wildman–Crippen LogP) is 3.21. The van der Waals surface area contributed by atoms with E-state index in [1.54, 1.807) is 0 Å². The molecule has 88 valence electrons. The quantitative estimate of drug-likeness (QED) is 0.589. The molecule has 1 aromatic carbocycles. The lowest BCUT2D eigenvalue weighted by Gasteiger charge is -2.16. The molecule has 0 saturated heterocycles. The van der Waals surface area contributed by atoms with Gasteiger partial charge in [0.05, 0.1) is 0 Å². The highest BCUT2D eigenvalue weighted by molar-refractivity contribution is 14.1. The van der Waals surface area contributed by atoms with Gasteiger partial charge in [-0.15, -0.1) is 0 Å². The van der Waals surface area contributed by atoms with Crippen LogP contribution in [0.5, 0.6) is 0 Å². The zero-order valence-electron chi connectivity index (χ0n) is 9.87. The molecule has 0 atom stereocenters. The number of ketones is 1. The van der Waals surface area contributed by atoms with Crippen molar-refractivity contribution in [2.75, 3.05) is 19.6 Å². The SMILES string of the molecule is CCN(CC)CCC(=O)c1ccc(I)cc1. The number of rotatable bonds is 6. The molecule has 0 aliphatic carbocycles. The van der Waals surface area contributed by atoms with Crippen molar-refractivity contribution < 1.29 is 4.79 Å². The van der Waals surface area contributed by atoms with Crippen molar-refractivity contribution in [1.29, 1.82) is 0 Å². The second-order valence-electron chi connectivity index (χ2n) is 3.71. The summed E-state index contributed by atoms with van der Waals surface area (Å²) >= 11 is 2.24. The van der Waals surface area contributed by atoms with E-state index in [4.69, 9.17) is 0 Å². The van der Waals surface area contributed by atoms with Crippen molar-refractivity contribution in [3.63, 3.8) is 0 Å². The fraction of sp³-hybridized carbons (Fsp3) is 0.462. The van der Waals surface area contributed by atoms with Gasteiger partial charge in [-0.1, -0.05) is 26.0 Å². The molecular formula is C13H18INO. The first-order chi connectivity index (χ1) is 7.67. The van der Waals surface area contributed by atoms with Gasteiger partial charge in [0.15, 0.2) is 5.78 Å². The van der Waals surface area contributed by atoms with E-state index in [1.165, 1.54) is 0 Å². The summed E-state index contributed by atoms with van der Waals surface area (Å²) < 4.78 is 1.16. The first-order valence-corrected chi connectivity index (χ1v) is 6.76. The van der Waals surface area contributed by atoms with E-state index < -0.39 is 0 Å². The minimum absolute atomic E-state index is 0.239. The molecule has 3 heteroatoms. The van der Waals surface area contributed by atoms with Gasteiger partial charge < -0.3 is 4.90 Å². The Morgan fingerprint density at radius 1 is 1.19 bits per heavy atom. The monoisotopic (exact) mass is 331 g/mol. The number of carbonyl (C=O) groups excluding carboxylic acids is 1. The molecule has 0 aliphatic rings. The van der Waals surface area contributed by atoms with Crippen molar-refractivity contribution in [2.24, 2.45) is 0 Å². The number of Topliss-reactive ketones (excluding diaryl/α,β-unsaturated/α-hetero) is 1. The smallest absolute Gasteiger partial charge is 0.164 e. The van der Waals surface area contributed by atoms with Crippen LogP contribution in [0.2, 0.25) is 0 Å². The van der Waals surface area contributed by atoms with Gasteiger partial charge in [-0.2, -0.15) is 0 Å². The van der Waals surface area contributed by atoms with Crippen LogP contribution in [0.25, 0.3) is 0 Å². The average molecular weight is 331 g/mol. The summed E-state index contributed by atoms with van der Waals surface area (Å²) in [4.78, 5) is 14.1. The Bertz CT molecular complexity index is 330. The standard InChI is InChI=1S/C13H18INO/c1-3-15(4-2)10-9-13(16)11-5-7-12(14)8-6-11/h5-8H,3-4,9-10H2,1-2H3. The van der Waals surface area contributed by atoms with Gasteiger partial charge in [-0.05, 0) is 47.8 Å². The third kappa shape index (κ3) is 4.22. The Kier molecular flexibility index (Phi) is 5.98. The molecule has 0 spiro atoms. The summed E-state index contributed by atoms with van der Waals surface area (Å²) in [6.45, 7) is 7.13. The minimum atomic E-state index is 0.239. The van der Waals surface area contributed by atoms with Gasteiger partial charge in [0.2, 0.25) is 0 Å². The molecule has 0 fully saturated rings. The molecule has 0 aliphatic heterocycles. The number of benzene rings is 1. The van der Waals surface area contributed by atoms with Crippen LogP contribution >= 0.6 is 22.6 Å². The van der Waals surface area contributed by atoms with Crippen LogP contribution in [0.1, 0.15) is 30.6 Å². The molecule has 0 saturated carbocycles. The van der Waals surface area contributed by atoms with E-state index in [0.29, 0.717) is 6.42 Å². The minimum Gasteiger partial charge on any atom is -0.303 e.